The third-order valence-corrected chi connectivity index (χ3v) is 5.08. The van der Waals surface area contributed by atoms with Gasteiger partial charge in [0.15, 0.2) is 0 Å². The van der Waals surface area contributed by atoms with E-state index >= 15 is 0 Å². The predicted molar refractivity (Wildman–Crippen MR) is 107 cm³/mol. The number of aromatic nitrogens is 2. The normalized spacial score (nSPS) is 12.2. The highest BCUT2D eigenvalue weighted by molar-refractivity contribution is 7.08. The van der Waals surface area contributed by atoms with Gasteiger partial charge in [0.1, 0.15) is 17.1 Å². The number of fused-ring (bicyclic) bond motifs is 1. The number of aromatic hydroxyl groups is 1. The number of phenols is 1. The molecule has 4 nitrogen and oxygen atoms in total. The number of benzene rings is 1. The Morgan fingerprint density at radius 1 is 0.962 bits per heavy atom. The molecule has 130 valence electrons. The van der Waals surface area contributed by atoms with E-state index in [0.29, 0.717) is 5.52 Å². The predicted octanol–water partition coefficient (Wildman–Crippen LogP) is 5.22. The summed E-state index contributed by atoms with van der Waals surface area (Å²) in [5, 5.41) is 19.5. The molecule has 0 radical (unpaired) electrons. The minimum absolute atomic E-state index is 0.206. The fourth-order valence-corrected chi connectivity index (χ4v) is 3.76. The smallest absolute Gasteiger partial charge is 0.147 e. The molecule has 0 fully saturated rings. The third-order valence-electron chi connectivity index (χ3n) is 4.37. The van der Waals surface area contributed by atoms with Crippen LogP contribution >= 0.6 is 11.3 Å². The van der Waals surface area contributed by atoms with Crippen molar-refractivity contribution < 1.29 is 5.11 Å². The Kier molecular flexibility index (Phi) is 4.31. The van der Waals surface area contributed by atoms with E-state index in [0.717, 1.165) is 33.7 Å². The number of phenolic OH excluding ortho intramolecular Hbond substituents is 1. The van der Waals surface area contributed by atoms with Crippen molar-refractivity contribution in [3.8, 4) is 5.75 Å². The average Bonchev–Trinajstić information content (AvgIpc) is 3.15. The summed E-state index contributed by atoms with van der Waals surface area (Å²) in [5.41, 5.74) is 4.32. The summed E-state index contributed by atoms with van der Waals surface area (Å²) in [6.45, 7) is 3.89. The molecule has 0 bridgehead atoms. The van der Waals surface area contributed by atoms with Gasteiger partial charge in [0.25, 0.3) is 0 Å². The molecule has 4 rings (SSSR count). The summed E-state index contributed by atoms with van der Waals surface area (Å²) >= 11 is 1.63. The van der Waals surface area contributed by atoms with Gasteiger partial charge in [0.2, 0.25) is 0 Å². The molecule has 0 saturated carbocycles. The van der Waals surface area contributed by atoms with Crippen LogP contribution in [0.3, 0.4) is 0 Å². The molecule has 0 aliphatic carbocycles. The maximum Gasteiger partial charge on any atom is 0.147 e. The van der Waals surface area contributed by atoms with Crippen LogP contribution in [0.25, 0.3) is 10.9 Å². The molecule has 1 aromatic carbocycles. The van der Waals surface area contributed by atoms with E-state index in [1.807, 2.05) is 61.7 Å². The highest BCUT2D eigenvalue weighted by Crippen LogP contribution is 2.37. The fraction of sp³-hybridized carbons (Fsp3) is 0.143. The van der Waals surface area contributed by atoms with Gasteiger partial charge in [-0.05, 0) is 54.4 Å². The lowest BCUT2D eigenvalue weighted by Crippen LogP contribution is -2.13. The highest BCUT2D eigenvalue weighted by Gasteiger charge is 2.21. The molecular weight excluding hydrogens is 342 g/mol. The Morgan fingerprint density at radius 2 is 1.77 bits per heavy atom. The molecule has 3 heterocycles. The zero-order valence-corrected chi connectivity index (χ0v) is 15.4. The standard InChI is InChI=1S/C21H19N3OS/c1-13-4-3-5-18(22-13)24-19(16-10-11-26-12-16)17-9-8-15-7-6-14(2)23-20(15)21(17)25/h3-12,19,25H,1-2H3,(H,22,24). The number of thiophene rings is 1. The van der Waals surface area contributed by atoms with Crippen LogP contribution in [0.4, 0.5) is 5.82 Å². The Balaban J connectivity index is 1.84. The molecule has 0 spiro atoms. The Labute approximate surface area is 156 Å². The maximum absolute atomic E-state index is 11.0. The van der Waals surface area contributed by atoms with Crippen LogP contribution in [0, 0.1) is 13.8 Å². The minimum atomic E-state index is -0.206. The van der Waals surface area contributed by atoms with Crippen molar-refractivity contribution in [1.82, 2.24) is 9.97 Å². The molecule has 26 heavy (non-hydrogen) atoms. The fourth-order valence-electron chi connectivity index (χ4n) is 3.07. The lowest BCUT2D eigenvalue weighted by molar-refractivity contribution is 0.471. The van der Waals surface area contributed by atoms with Crippen LogP contribution in [-0.4, -0.2) is 15.1 Å². The van der Waals surface area contributed by atoms with Crippen LogP contribution in [0.5, 0.6) is 5.75 Å². The molecule has 3 aromatic heterocycles. The summed E-state index contributed by atoms with van der Waals surface area (Å²) in [4.78, 5) is 9.08. The molecular formula is C21H19N3OS. The lowest BCUT2D eigenvalue weighted by atomic mass is 9.98. The minimum Gasteiger partial charge on any atom is -0.505 e. The van der Waals surface area contributed by atoms with Crippen molar-refractivity contribution in [1.29, 1.82) is 0 Å². The van der Waals surface area contributed by atoms with Gasteiger partial charge >= 0.3 is 0 Å². The van der Waals surface area contributed by atoms with Crippen LogP contribution < -0.4 is 5.32 Å². The monoisotopic (exact) mass is 361 g/mol. The Bertz CT molecular complexity index is 1060. The molecule has 4 aromatic rings. The van der Waals surface area contributed by atoms with Crippen molar-refractivity contribution in [2.45, 2.75) is 19.9 Å². The van der Waals surface area contributed by atoms with Crippen molar-refractivity contribution in [2.75, 3.05) is 5.32 Å². The van der Waals surface area contributed by atoms with Gasteiger partial charge in [-0.2, -0.15) is 11.3 Å². The number of nitrogens with one attached hydrogen (secondary N) is 1. The first-order valence-corrected chi connectivity index (χ1v) is 9.37. The van der Waals surface area contributed by atoms with Gasteiger partial charge in [-0.15, -0.1) is 0 Å². The quantitative estimate of drug-likeness (QED) is 0.523. The first kappa shape index (κ1) is 16.5. The Morgan fingerprint density at radius 3 is 2.54 bits per heavy atom. The maximum atomic E-state index is 11.0. The summed E-state index contributed by atoms with van der Waals surface area (Å²) in [6, 6.07) is 15.6. The first-order valence-electron chi connectivity index (χ1n) is 8.43. The number of anilines is 1. The number of hydrogen-bond acceptors (Lipinski definition) is 5. The van der Waals surface area contributed by atoms with Gasteiger partial charge in [-0.3, -0.25) is 0 Å². The number of pyridine rings is 2. The van der Waals surface area contributed by atoms with Gasteiger partial charge in [-0.25, -0.2) is 9.97 Å². The van der Waals surface area contributed by atoms with E-state index in [1.165, 1.54) is 0 Å². The second-order valence-electron chi connectivity index (χ2n) is 6.33. The molecule has 5 heteroatoms. The molecule has 0 aliphatic heterocycles. The topological polar surface area (TPSA) is 58.0 Å². The summed E-state index contributed by atoms with van der Waals surface area (Å²) in [5.74, 6) is 0.987. The van der Waals surface area contributed by atoms with Gasteiger partial charge in [0.05, 0.1) is 6.04 Å². The number of aryl methyl sites for hydroxylation is 2. The Hall–Kier alpha value is -2.92. The van der Waals surface area contributed by atoms with Gasteiger partial charge < -0.3 is 10.4 Å². The number of nitrogens with zero attached hydrogens (tertiary/aromatic N) is 2. The SMILES string of the molecule is Cc1cccc(NC(c2ccsc2)c2ccc3ccc(C)nc3c2O)n1. The highest BCUT2D eigenvalue weighted by atomic mass is 32.1. The van der Waals surface area contributed by atoms with Crippen LogP contribution in [0.2, 0.25) is 0 Å². The van der Waals surface area contributed by atoms with E-state index in [-0.39, 0.29) is 11.8 Å². The van der Waals surface area contributed by atoms with Crippen LogP contribution in [-0.2, 0) is 0 Å². The van der Waals surface area contributed by atoms with Gasteiger partial charge in [0, 0.05) is 22.3 Å². The van der Waals surface area contributed by atoms with E-state index in [4.69, 9.17) is 0 Å². The van der Waals surface area contributed by atoms with Crippen molar-refractivity contribution in [3.05, 3.63) is 81.8 Å². The average molecular weight is 361 g/mol. The second-order valence-corrected chi connectivity index (χ2v) is 7.11. The van der Waals surface area contributed by atoms with Crippen LogP contribution in [0.15, 0.2) is 59.3 Å². The number of rotatable bonds is 4. The van der Waals surface area contributed by atoms with Crippen molar-refractivity contribution >= 4 is 28.1 Å². The molecule has 1 unspecified atom stereocenters. The third kappa shape index (κ3) is 3.13. The largest absolute Gasteiger partial charge is 0.505 e. The summed E-state index contributed by atoms with van der Waals surface area (Å²) in [7, 11) is 0. The van der Waals surface area contributed by atoms with Crippen molar-refractivity contribution in [3.63, 3.8) is 0 Å². The summed E-state index contributed by atoms with van der Waals surface area (Å²) in [6.07, 6.45) is 0. The first-order chi connectivity index (χ1) is 12.6. The van der Waals surface area contributed by atoms with Crippen LogP contribution in [0.1, 0.15) is 28.6 Å². The molecule has 0 amide bonds. The molecule has 0 saturated heterocycles. The lowest BCUT2D eigenvalue weighted by Gasteiger charge is -2.21. The summed E-state index contributed by atoms with van der Waals surface area (Å²) < 4.78 is 0. The molecule has 1 atom stereocenters. The van der Waals surface area contributed by atoms with E-state index in [1.54, 1.807) is 11.3 Å². The van der Waals surface area contributed by atoms with Crippen molar-refractivity contribution in [2.24, 2.45) is 0 Å². The number of hydrogen-bond donors (Lipinski definition) is 2. The van der Waals surface area contributed by atoms with Gasteiger partial charge in [-0.1, -0.05) is 24.3 Å². The zero-order chi connectivity index (χ0) is 18.1. The molecule has 2 N–H and O–H groups in total. The zero-order valence-electron chi connectivity index (χ0n) is 14.6. The van der Waals surface area contributed by atoms with E-state index in [2.05, 4.69) is 26.7 Å². The van der Waals surface area contributed by atoms with E-state index < -0.39 is 0 Å². The van der Waals surface area contributed by atoms with E-state index in [9.17, 15) is 5.11 Å². The second kappa shape index (κ2) is 6.77. The molecule has 0 aliphatic rings.